The van der Waals surface area contributed by atoms with E-state index in [1.54, 1.807) is 0 Å². The van der Waals surface area contributed by atoms with Gasteiger partial charge in [0, 0.05) is 5.56 Å². The van der Waals surface area contributed by atoms with Gasteiger partial charge < -0.3 is 19.8 Å². The van der Waals surface area contributed by atoms with E-state index in [-0.39, 0.29) is 17.2 Å². The van der Waals surface area contributed by atoms with Crippen LogP contribution in [0.15, 0.2) is 17.3 Å². The quantitative estimate of drug-likeness (QED) is 0.432. The molecule has 0 unspecified atom stereocenters. The summed E-state index contributed by atoms with van der Waals surface area (Å²) in [6.07, 6.45) is 1.39. The van der Waals surface area contributed by atoms with Gasteiger partial charge in [-0.2, -0.15) is 0 Å². The highest BCUT2D eigenvalue weighted by atomic mass is 16.6. The van der Waals surface area contributed by atoms with Crippen molar-refractivity contribution in [3.05, 3.63) is 17.7 Å². The van der Waals surface area contributed by atoms with E-state index in [0.29, 0.717) is 5.56 Å². The molecular weight excluding hydrogens is 186 g/mol. The van der Waals surface area contributed by atoms with Gasteiger partial charge in [-0.1, -0.05) is 5.16 Å². The number of hydrogen-bond acceptors (Lipinski definition) is 5. The fraction of sp³-hybridized carbons (Fsp3) is 0.222. The van der Waals surface area contributed by atoms with Crippen molar-refractivity contribution in [1.82, 2.24) is 0 Å². The van der Waals surface area contributed by atoms with Gasteiger partial charge in [0.25, 0.3) is 0 Å². The van der Waals surface area contributed by atoms with Crippen LogP contribution in [0.2, 0.25) is 0 Å². The van der Waals surface area contributed by atoms with E-state index in [4.69, 9.17) is 4.74 Å². The van der Waals surface area contributed by atoms with Crippen molar-refractivity contribution >= 4 is 6.21 Å². The number of phenolic OH excluding ortho intramolecular Hbond substituents is 2. The third-order valence-corrected chi connectivity index (χ3v) is 1.60. The number of methoxy groups -OCH3 is 1. The minimum Gasteiger partial charge on any atom is -0.504 e. The van der Waals surface area contributed by atoms with Gasteiger partial charge in [-0.3, -0.25) is 0 Å². The number of nitrogens with zero attached hydrogens (tertiary/aromatic N) is 1. The molecule has 0 aliphatic rings. The second-order valence-electron chi connectivity index (χ2n) is 2.51. The lowest BCUT2D eigenvalue weighted by atomic mass is 10.2. The molecule has 0 fully saturated rings. The van der Waals surface area contributed by atoms with Crippen LogP contribution < -0.4 is 4.74 Å². The first-order chi connectivity index (χ1) is 6.69. The number of ether oxygens (including phenoxy) is 1. The Balaban J connectivity index is 3.09. The zero-order chi connectivity index (χ0) is 10.6. The Morgan fingerprint density at radius 2 is 2.00 bits per heavy atom. The molecule has 0 radical (unpaired) electrons. The predicted molar refractivity (Wildman–Crippen MR) is 50.9 cm³/mol. The molecule has 0 aromatic heterocycles. The fourth-order valence-corrected chi connectivity index (χ4v) is 0.958. The second kappa shape index (κ2) is 4.36. The van der Waals surface area contributed by atoms with Crippen molar-refractivity contribution in [2.75, 3.05) is 14.2 Å². The van der Waals surface area contributed by atoms with E-state index >= 15 is 0 Å². The van der Waals surface area contributed by atoms with Crippen molar-refractivity contribution in [3.63, 3.8) is 0 Å². The molecule has 0 saturated carbocycles. The van der Waals surface area contributed by atoms with Gasteiger partial charge in [0.15, 0.2) is 11.5 Å². The zero-order valence-electron chi connectivity index (χ0n) is 7.89. The van der Waals surface area contributed by atoms with Crippen molar-refractivity contribution in [2.24, 2.45) is 5.16 Å². The Hall–Kier alpha value is -1.91. The third-order valence-electron chi connectivity index (χ3n) is 1.60. The van der Waals surface area contributed by atoms with Gasteiger partial charge in [0.1, 0.15) is 7.11 Å². The Morgan fingerprint density at radius 1 is 1.29 bits per heavy atom. The topological polar surface area (TPSA) is 71.3 Å². The molecule has 2 N–H and O–H groups in total. The van der Waals surface area contributed by atoms with Gasteiger partial charge >= 0.3 is 0 Å². The molecule has 0 spiro atoms. The average molecular weight is 197 g/mol. The van der Waals surface area contributed by atoms with Crippen LogP contribution in [0, 0.1) is 0 Å². The van der Waals surface area contributed by atoms with Crippen LogP contribution in [0.1, 0.15) is 5.56 Å². The Labute approximate surface area is 81.2 Å². The van der Waals surface area contributed by atoms with E-state index in [1.165, 1.54) is 32.6 Å². The summed E-state index contributed by atoms with van der Waals surface area (Å²) in [5, 5.41) is 22.1. The molecule has 0 atom stereocenters. The number of rotatable bonds is 3. The first-order valence-electron chi connectivity index (χ1n) is 3.85. The molecule has 0 amide bonds. The minimum absolute atomic E-state index is 0.183. The fourth-order valence-electron chi connectivity index (χ4n) is 0.958. The minimum atomic E-state index is -0.290. The number of benzene rings is 1. The van der Waals surface area contributed by atoms with Crippen LogP contribution >= 0.6 is 0 Å². The Kier molecular flexibility index (Phi) is 3.17. The summed E-state index contributed by atoms with van der Waals surface area (Å²) < 4.78 is 4.83. The molecule has 0 aliphatic heterocycles. The molecule has 0 aliphatic carbocycles. The van der Waals surface area contributed by atoms with E-state index in [0.717, 1.165) is 0 Å². The molecule has 1 aromatic rings. The van der Waals surface area contributed by atoms with E-state index in [9.17, 15) is 10.2 Å². The zero-order valence-corrected chi connectivity index (χ0v) is 7.89. The van der Waals surface area contributed by atoms with Gasteiger partial charge in [0.05, 0.1) is 13.3 Å². The van der Waals surface area contributed by atoms with E-state index < -0.39 is 0 Å². The molecule has 14 heavy (non-hydrogen) atoms. The maximum atomic E-state index is 9.30. The highest BCUT2D eigenvalue weighted by Gasteiger charge is 2.08. The van der Waals surface area contributed by atoms with Gasteiger partial charge in [0.2, 0.25) is 5.75 Å². The Morgan fingerprint density at radius 3 is 2.57 bits per heavy atom. The molecule has 1 rings (SSSR count). The maximum absolute atomic E-state index is 9.30. The summed E-state index contributed by atoms with van der Waals surface area (Å²) in [6, 6.07) is 2.87. The van der Waals surface area contributed by atoms with E-state index in [1.807, 2.05) is 0 Å². The molecule has 76 valence electrons. The number of hydrogen-bond donors (Lipinski definition) is 2. The van der Waals surface area contributed by atoms with Gasteiger partial charge in [-0.15, -0.1) is 0 Å². The third kappa shape index (κ3) is 2.07. The SMILES string of the molecule is CO/N=C/c1cc(O)c(O)c(OC)c1. The normalized spacial score (nSPS) is 10.4. The largest absolute Gasteiger partial charge is 0.504 e. The van der Waals surface area contributed by atoms with Crippen LogP contribution in [-0.2, 0) is 4.84 Å². The lowest BCUT2D eigenvalue weighted by molar-refractivity contribution is 0.215. The van der Waals surface area contributed by atoms with Crippen LogP contribution in [-0.4, -0.2) is 30.6 Å². The molecule has 5 nitrogen and oxygen atoms in total. The Bertz CT molecular complexity index is 349. The number of aromatic hydroxyl groups is 2. The first kappa shape index (κ1) is 10.2. The smallest absolute Gasteiger partial charge is 0.200 e. The summed E-state index contributed by atoms with van der Waals surface area (Å²) >= 11 is 0. The number of oxime groups is 1. The monoisotopic (exact) mass is 197 g/mol. The summed E-state index contributed by atoms with van der Waals surface area (Å²) in [4.78, 5) is 4.47. The molecule has 1 aromatic carbocycles. The van der Waals surface area contributed by atoms with Gasteiger partial charge in [-0.25, -0.2) is 0 Å². The summed E-state index contributed by atoms with van der Waals surface area (Å²) in [5.74, 6) is -0.369. The highest BCUT2D eigenvalue weighted by molar-refractivity contribution is 5.81. The standard InChI is InChI=1S/C9H11NO4/c1-13-8-4-6(5-10-14-2)3-7(11)9(8)12/h3-5,11-12H,1-2H3/b10-5+. The average Bonchev–Trinajstić information content (AvgIpc) is 2.19. The van der Waals surface area contributed by atoms with Gasteiger partial charge in [-0.05, 0) is 12.1 Å². The van der Waals surface area contributed by atoms with Crippen LogP contribution in [0.3, 0.4) is 0 Å². The first-order valence-corrected chi connectivity index (χ1v) is 3.85. The van der Waals surface area contributed by atoms with Crippen molar-refractivity contribution in [2.45, 2.75) is 0 Å². The van der Waals surface area contributed by atoms with Crippen molar-refractivity contribution in [3.8, 4) is 17.2 Å². The molecule has 0 heterocycles. The van der Waals surface area contributed by atoms with Crippen molar-refractivity contribution in [1.29, 1.82) is 0 Å². The summed E-state index contributed by atoms with van der Waals surface area (Å²) in [6.45, 7) is 0. The molecule has 5 heteroatoms. The highest BCUT2D eigenvalue weighted by Crippen LogP contribution is 2.35. The summed E-state index contributed by atoms with van der Waals surface area (Å²) in [5.41, 5.74) is 0.569. The van der Waals surface area contributed by atoms with Crippen molar-refractivity contribution < 1.29 is 19.8 Å². The van der Waals surface area contributed by atoms with Crippen LogP contribution in [0.25, 0.3) is 0 Å². The van der Waals surface area contributed by atoms with Crippen LogP contribution in [0.5, 0.6) is 17.2 Å². The lowest BCUT2D eigenvalue weighted by Crippen LogP contribution is -1.88. The lowest BCUT2D eigenvalue weighted by Gasteiger charge is -2.05. The number of phenols is 2. The molecule has 0 bridgehead atoms. The summed E-state index contributed by atoms with van der Waals surface area (Å²) in [7, 11) is 2.81. The molecule has 0 saturated heterocycles. The predicted octanol–water partition coefficient (Wildman–Crippen LogP) is 1.09. The van der Waals surface area contributed by atoms with E-state index in [2.05, 4.69) is 9.99 Å². The maximum Gasteiger partial charge on any atom is 0.200 e. The van der Waals surface area contributed by atoms with Crippen LogP contribution in [0.4, 0.5) is 0 Å². The second-order valence-corrected chi connectivity index (χ2v) is 2.51. The molecular formula is C9H11NO4.